The molecule has 0 aliphatic rings. The summed E-state index contributed by atoms with van der Waals surface area (Å²) in [6, 6.07) is 78.9. The molecule has 1 aromatic heterocycles. The molecule has 254 valence electrons. The van der Waals surface area contributed by atoms with E-state index in [4.69, 9.17) is 0 Å². The van der Waals surface area contributed by atoms with Crippen LogP contribution in [0.2, 0.25) is 0 Å². The molecule has 0 aliphatic heterocycles. The van der Waals surface area contributed by atoms with E-state index in [1.807, 2.05) is 0 Å². The molecule has 0 saturated heterocycles. The molecule has 9 aromatic carbocycles. The van der Waals surface area contributed by atoms with Gasteiger partial charge >= 0.3 is 0 Å². The van der Waals surface area contributed by atoms with Gasteiger partial charge in [0.1, 0.15) is 0 Å². The summed E-state index contributed by atoms with van der Waals surface area (Å²) in [5, 5.41) is 4.98. The van der Waals surface area contributed by atoms with Gasteiger partial charge in [-0.05, 0) is 111 Å². The molecule has 0 radical (unpaired) electrons. The number of hydrogen-bond acceptors (Lipinski definition) is 1. The van der Waals surface area contributed by atoms with Crippen LogP contribution in [-0.2, 0) is 0 Å². The fourth-order valence-corrected chi connectivity index (χ4v) is 8.08. The zero-order valence-corrected chi connectivity index (χ0v) is 29.7. The van der Waals surface area contributed by atoms with E-state index >= 15 is 0 Å². The third-order valence-corrected chi connectivity index (χ3v) is 10.6. The van der Waals surface area contributed by atoms with Crippen LogP contribution < -0.4 is 4.90 Å². The maximum Gasteiger partial charge on any atom is 0.0547 e. The van der Waals surface area contributed by atoms with Crippen molar-refractivity contribution in [3.05, 3.63) is 218 Å². The minimum Gasteiger partial charge on any atom is -0.310 e. The van der Waals surface area contributed by atoms with Gasteiger partial charge in [-0.2, -0.15) is 0 Å². The number of aromatic nitrogens is 1. The summed E-state index contributed by atoms with van der Waals surface area (Å²) in [5.74, 6) is 0. The molecule has 0 N–H and O–H groups in total. The van der Waals surface area contributed by atoms with E-state index in [0.29, 0.717) is 0 Å². The van der Waals surface area contributed by atoms with Gasteiger partial charge in [0.05, 0.1) is 11.0 Å². The average molecular weight is 689 g/mol. The molecule has 2 heteroatoms. The summed E-state index contributed by atoms with van der Waals surface area (Å²) in [6.07, 6.45) is 0. The Hall–Kier alpha value is -7.16. The van der Waals surface area contributed by atoms with Crippen molar-refractivity contribution in [2.75, 3.05) is 4.90 Å². The third kappa shape index (κ3) is 5.53. The molecule has 0 fully saturated rings. The smallest absolute Gasteiger partial charge is 0.0547 e. The van der Waals surface area contributed by atoms with Crippen LogP contribution in [0.5, 0.6) is 0 Å². The molecule has 1 heterocycles. The largest absolute Gasteiger partial charge is 0.310 e. The minimum absolute atomic E-state index is 1.11. The summed E-state index contributed by atoms with van der Waals surface area (Å²) in [4.78, 5) is 2.33. The molecular formula is C52H36N2. The Labute approximate surface area is 315 Å². The number of nitrogens with zero attached hydrogens (tertiary/aromatic N) is 2. The average Bonchev–Trinajstić information content (AvgIpc) is 3.58. The van der Waals surface area contributed by atoms with Gasteiger partial charge in [-0.25, -0.2) is 0 Å². The van der Waals surface area contributed by atoms with E-state index < -0.39 is 0 Å². The lowest BCUT2D eigenvalue weighted by Gasteiger charge is -2.26. The second kappa shape index (κ2) is 13.4. The Morgan fingerprint density at radius 3 is 1.65 bits per heavy atom. The highest BCUT2D eigenvalue weighted by Crippen LogP contribution is 2.43. The first-order valence-corrected chi connectivity index (χ1v) is 18.5. The topological polar surface area (TPSA) is 8.17 Å². The fourth-order valence-electron chi connectivity index (χ4n) is 8.08. The molecule has 0 bridgehead atoms. The van der Waals surface area contributed by atoms with Crippen LogP contribution in [0.15, 0.2) is 218 Å². The van der Waals surface area contributed by atoms with Crippen LogP contribution >= 0.6 is 0 Å². The first-order chi connectivity index (χ1) is 26.8. The normalized spacial score (nSPS) is 11.3. The Morgan fingerprint density at radius 1 is 0.296 bits per heavy atom. The fraction of sp³-hybridized carbons (Fsp3) is 0. The molecule has 10 aromatic rings. The zero-order valence-electron chi connectivity index (χ0n) is 29.7. The molecule has 0 unspecified atom stereocenters. The van der Waals surface area contributed by atoms with Crippen molar-refractivity contribution in [1.82, 2.24) is 4.57 Å². The van der Waals surface area contributed by atoms with Crippen LogP contribution in [0.25, 0.3) is 71.6 Å². The molecule has 10 rings (SSSR count). The Morgan fingerprint density at radius 2 is 0.870 bits per heavy atom. The van der Waals surface area contributed by atoms with E-state index in [2.05, 4.69) is 228 Å². The van der Waals surface area contributed by atoms with Crippen molar-refractivity contribution < 1.29 is 0 Å². The summed E-state index contributed by atoms with van der Waals surface area (Å²) < 4.78 is 2.39. The van der Waals surface area contributed by atoms with E-state index in [1.54, 1.807) is 0 Å². The summed E-state index contributed by atoms with van der Waals surface area (Å²) in [6.45, 7) is 0. The first kappa shape index (κ1) is 31.6. The molecule has 0 atom stereocenters. The van der Waals surface area contributed by atoms with Gasteiger partial charge in [0.15, 0.2) is 0 Å². The number of benzene rings is 9. The molecule has 0 aliphatic carbocycles. The van der Waals surface area contributed by atoms with Crippen LogP contribution in [0.3, 0.4) is 0 Å². The molecule has 2 nitrogen and oxygen atoms in total. The van der Waals surface area contributed by atoms with Crippen molar-refractivity contribution in [2.24, 2.45) is 0 Å². The maximum absolute atomic E-state index is 2.40. The maximum atomic E-state index is 2.40. The molecule has 0 amide bonds. The first-order valence-electron chi connectivity index (χ1n) is 18.5. The van der Waals surface area contributed by atoms with Crippen molar-refractivity contribution in [2.45, 2.75) is 0 Å². The predicted octanol–water partition coefficient (Wildman–Crippen LogP) is 14.4. The molecular weight excluding hydrogens is 653 g/mol. The van der Waals surface area contributed by atoms with Gasteiger partial charge in [-0.1, -0.05) is 152 Å². The monoisotopic (exact) mass is 688 g/mol. The van der Waals surface area contributed by atoms with Gasteiger partial charge in [0, 0.05) is 33.5 Å². The van der Waals surface area contributed by atoms with E-state index in [1.165, 1.54) is 66.0 Å². The van der Waals surface area contributed by atoms with Crippen LogP contribution in [0.4, 0.5) is 17.1 Å². The summed E-state index contributed by atoms with van der Waals surface area (Å²) in [7, 11) is 0. The Bertz CT molecular complexity index is 2880. The minimum atomic E-state index is 1.11. The third-order valence-electron chi connectivity index (χ3n) is 10.6. The van der Waals surface area contributed by atoms with Crippen molar-refractivity contribution in [1.29, 1.82) is 0 Å². The molecule has 0 spiro atoms. The van der Waals surface area contributed by atoms with Crippen molar-refractivity contribution in [3.63, 3.8) is 0 Å². The highest BCUT2D eigenvalue weighted by atomic mass is 15.1. The number of para-hydroxylation sites is 4. The van der Waals surface area contributed by atoms with E-state index in [-0.39, 0.29) is 0 Å². The predicted molar refractivity (Wildman–Crippen MR) is 229 cm³/mol. The number of anilines is 3. The highest BCUT2D eigenvalue weighted by Gasteiger charge is 2.18. The van der Waals surface area contributed by atoms with Gasteiger partial charge in [-0.15, -0.1) is 0 Å². The van der Waals surface area contributed by atoms with E-state index in [0.717, 1.165) is 22.7 Å². The Balaban J connectivity index is 1.17. The summed E-state index contributed by atoms with van der Waals surface area (Å²) in [5.41, 5.74) is 14.1. The molecule has 0 saturated carbocycles. The lowest BCUT2D eigenvalue weighted by Crippen LogP contribution is -2.09. The van der Waals surface area contributed by atoms with Gasteiger partial charge in [-0.3, -0.25) is 0 Å². The highest BCUT2D eigenvalue weighted by molar-refractivity contribution is 6.10. The second-order valence-corrected chi connectivity index (χ2v) is 13.8. The zero-order chi connectivity index (χ0) is 35.8. The number of rotatable bonds is 7. The van der Waals surface area contributed by atoms with Gasteiger partial charge in [0.25, 0.3) is 0 Å². The summed E-state index contributed by atoms with van der Waals surface area (Å²) >= 11 is 0. The standard InChI is InChI=1S/C52H36N2/c1-4-19-41(20-5-1)53(42-21-6-2-7-22-42)44-25-14-18-40(34-44)46-32-30-38(35-50(46)47-28-15-17-37-16-10-11-26-45(37)47)39-31-33-49-48-27-12-13-29-51(48)54(52(49)36-39)43-23-8-3-9-24-43/h1-36H. The Kier molecular flexibility index (Phi) is 7.85. The van der Waals surface area contributed by atoms with Crippen LogP contribution in [0.1, 0.15) is 0 Å². The van der Waals surface area contributed by atoms with Crippen molar-refractivity contribution in [3.8, 4) is 39.1 Å². The van der Waals surface area contributed by atoms with Gasteiger partial charge in [0.2, 0.25) is 0 Å². The lowest BCUT2D eigenvalue weighted by atomic mass is 9.88. The van der Waals surface area contributed by atoms with Crippen molar-refractivity contribution >= 4 is 49.6 Å². The SMILES string of the molecule is c1ccc(N(c2ccccc2)c2cccc(-c3ccc(-c4ccc5c6ccccc6n(-c6ccccc6)c5c4)cc3-c3cccc4ccccc34)c2)cc1. The second-order valence-electron chi connectivity index (χ2n) is 13.8. The van der Waals surface area contributed by atoms with Crippen LogP contribution in [0, 0.1) is 0 Å². The van der Waals surface area contributed by atoms with Gasteiger partial charge < -0.3 is 9.47 Å². The number of hydrogen-bond donors (Lipinski definition) is 0. The van der Waals surface area contributed by atoms with Crippen LogP contribution in [-0.4, -0.2) is 4.57 Å². The lowest BCUT2D eigenvalue weighted by molar-refractivity contribution is 1.18. The molecule has 54 heavy (non-hydrogen) atoms. The van der Waals surface area contributed by atoms with E-state index in [9.17, 15) is 0 Å². The number of fused-ring (bicyclic) bond motifs is 4. The quantitative estimate of drug-likeness (QED) is 0.162.